The van der Waals surface area contributed by atoms with Crippen LogP contribution in [-0.2, 0) is 4.79 Å². The summed E-state index contributed by atoms with van der Waals surface area (Å²) in [5.41, 5.74) is 0.703. The number of allylic oxidation sites excluding steroid dienone is 1. The molecule has 0 radical (unpaired) electrons. The van der Waals surface area contributed by atoms with Crippen molar-refractivity contribution in [2.45, 2.75) is 0 Å². The number of carbonyl (C=O) groups is 1. The van der Waals surface area contributed by atoms with Gasteiger partial charge < -0.3 is 0 Å². The molecule has 0 saturated carbocycles. The maximum atomic E-state index is 10.6. The number of nitrogens with zero attached hydrogens (tertiary/aromatic N) is 1. The zero-order chi connectivity index (χ0) is 9.10. The molecule has 0 N–H and O–H groups in total. The smallest absolute Gasteiger partial charge is 0.149 e. The second-order valence-electron chi connectivity index (χ2n) is 2.87. The fraction of sp³-hybridized carbons (Fsp3) is 0.0909. The first kappa shape index (κ1) is 7.92. The lowest BCUT2D eigenvalue weighted by molar-refractivity contribution is -0.104. The third-order valence-electron chi connectivity index (χ3n) is 1.98. The summed E-state index contributed by atoms with van der Waals surface area (Å²) in [5.74, 6) is 0. The normalized spacial score (nSPS) is 14.3. The lowest BCUT2D eigenvalue weighted by Gasteiger charge is -1.86. The van der Waals surface area contributed by atoms with E-state index in [4.69, 9.17) is 0 Å². The van der Waals surface area contributed by atoms with Gasteiger partial charge >= 0.3 is 0 Å². The van der Waals surface area contributed by atoms with E-state index in [-0.39, 0.29) is 0 Å². The monoisotopic (exact) mass is 171 g/mol. The summed E-state index contributed by atoms with van der Waals surface area (Å²) in [6.45, 7) is 0.585. The van der Waals surface area contributed by atoms with E-state index in [2.05, 4.69) is 4.99 Å². The van der Waals surface area contributed by atoms with Crippen molar-refractivity contribution >= 4 is 12.4 Å². The molecular formula is C11H9NO. The van der Waals surface area contributed by atoms with E-state index in [1.54, 1.807) is 0 Å². The van der Waals surface area contributed by atoms with Crippen LogP contribution in [0.5, 0.6) is 0 Å². The lowest BCUT2D eigenvalue weighted by atomic mass is 10.2. The van der Waals surface area contributed by atoms with Gasteiger partial charge in [-0.25, -0.2) is 0 Å². The van der Waals surface area contributed by atoms with Crippen molar-refractivity contribution in [3.8, 4) is 0 Å². The summed E-state index contributed by atoms with van der Waals surface area (Å²) in [4.78, 5) is 14.9. The Morgan fingerprint density at radius 2 is 2.15 bits per heavy atom. The molecule has 2 nitrogen and oxygen atoms in total. The van der Waals surface area contributed by atoms with Gasteiger partial charge in [0.05, 0.1) is 11.9 Å². The molecule has 2 heteroatoms. The van der Waals surface area contributed by atoms with Crippen LogP contribution in [0.4, 0.5) is 0 Å². The molecule has 1 aromatic carbocycles. The van der Waals surface area contributed by atoms with Crippen molar-refractivity contribution in [1.82, 2.24) is 0 Å². The lowest BCUT2D eigenvalue weighted by Crippen LogP contribution is -2.23. The Bertz CT molecular complexity index is 471. The molecule has 0 amide bonds. The van der Waals surface area contributed by atoms with E-state index in [1.165, 1.54) is 0 Å². The Labute approximate surface area is 75.9 Å². The van der Waals surface area contributed by atoms with E-state index >= 15 is 0 Å². The number of para-hydroxylation sites is 1. The molecule has 0 aliphatic carbocycles. The Balaban J connectivity index is 2.70. The average Bonchev–Trinajstić information content (AvgIpc) is 2.38. The van der Waals surface area contributed by atoms with E-state index in [9.17, 15) is 4.79 Å². The van der Waals surface area contributed by atoms with Crippen molar-refractivity contribution in [3.63, 3.8) is 0 Å². The number of carbonyl (C=O) groups excluding carboxylic acids is 1. The maximum Gasteiger partial charge on any atom is 0.149 e. The third-order valence-corrected chi connectivity index (χ3v) is 1.98. The van der Waals surface area contributed by atoms with E-state index in [0.717, 1.165) is 16.9 Å². The van der Waals surface area contributed by atoms with Crippen LogP contribution in [0.3, 0.4) is 0 Å². The maximum absolute atomic E-state index is 10.6. The fourth-order valence-corrected chi connectivity index (χ4v) is 1.32. The SMILES string of the molecule is O=CC1=CCN=c2ccccc2=C1. The zero-order valence-electron chi connectivity index (χ0n) is 7.10. The Morgan fingerprint density at radius 1 is 1.31 bits per heavy atom. The number of rotatable bonds is 1. The first-order chi connectivity index (χ1) is 6.40. The van der Waals surface area contributed by atoms with Crippen molar-refractivity contribution in [2.24, 2.45) is 4.99 Å². The molecule has 1 aliphatic rings. The largest absolute Gasteiger partial charge is 0.298 e. The summed E-state index contributed by atoms with van der Waals surface area (Å²) >= 11 is 0. The molecule has 0 fully saturated rings. The molecule has 1 aliphatic heterocycles. The number of aldehydes is 1. The summed E-state index contributed by atoms with van der Waals surface area (Å²) in [6, 6.07) is 7.80. The highest BCUT2D eigenvalue weighted by Crippen LogP contribution is 1.93. The first-order valence-electron chi connectivity index (χ1n) is 4.17. The van der Waals surface area contributed by atoms with E-state index in [1.807, 2.05) is 36.4 Å². The number of hydrogen-bond acceptors (Lipinski definition) is 2. The summed E-state index contributed by atoms with van der Waals surface area (Å²) in [7, 11) is 0. The van der Waals surface area contributed by atoms with Gasteiger partial charge in [-0.2, -0.15) is 0 Å². The Morgan fingerprint density at radius 3 is 3.00 bits per heavy atom. The van der Waals surface area contributed by atoms with Crippen molar-refractivity contribution in [2.75, 3.05) is 6.54 Å². The molecule has 0 saturated heterocycles. The molecule has 2 rings (SSSR count). The topological polar surface area (TPSA) is 29.4 Å². The van der Waals surface area contributed by atoms with Crippen molar-refractivity contribution in [3.05, 3.63) is 46.5 Å². The van der Waals surface area contributed by atoms with Gasteiger partial charge in [0.2, 0.25) is 0 Å². The van der Waals surface area contributed by atoms with E-state index in [0.29, 0.717) is 12.1 Å². The number of benzene rings is 1. The first-order valence-corrected chi connectivity index (χ1v) is 4.17. The molecule has 64 valence electrons. The van der Waals surface area contributed by atoms with Crippen LogP contribution in [0.15, 0.2) is 40.9 Å². The predicted octanol–water partition coefficient (Wildman–Crippen LogP) is 0.226. The van der Waals surface area contributed by atoms with Crippen LogP contribution in [0.1, 0.15) is 0 Å². The quantitative estimate of drug-likeness (QED) is 0.556. The molecule has 0 atom stereocenters. The highest BCUT2D eigenvalue weighted by Gasteiger charge is 1.94. The van der Waals surface area contributed by atoms with Crippen LogP contribution >= 0.6 is 0 Å². The van der Waals surface area contributed by atoms with Crippen molar-refractivity contribution < 1.29 is 4.79 Å². The zero-order valence-corrected chi connectivity index (χ0v) is 7.10. The van der Waals surface area contributed by atoms with E-state index < -0.39 is 0 Å². The minimum atomic E-state index is 0.585. The third kappa shape index (κ3) is 1.56. The van der Waals surface area contributed by atoms with Gasteiger partial charge in [0.1, 0.15) is 6.29 Å². The Hall–Kier alpha value is -1.70. The highest BCUT2D eigenvalue weighted by molar-refractivity contribution is 5.85. The van der Waals surface area contributed by atoms with Crippen LogP contribution in [-0.4, -0.2) is 12.8 Å². The van der Waals surface area contributed by atoms with Crippen molar-refractivity contribution in [1.29, 1.82) is 0 Å². The molecule has 13 heavy (non-hydrogen) atoms. The predicted molar refractivity (Wildman–Crippen MR) is 50.7 cm³/mol. The minimum Gasteiger partial charge on any atom is -0.298 e. The molecule has 0 aromatic heterocycles. The fourth-order valence-electron chi connectivity index (χ4n) is 1.32. The van der Waals surface area contributed by atoms with Gasteiger partial charge in [-0.15, -0.1) is 0 Å². The van der Waals surface area contributed by atoms with Gasteiger partial charge in [0.15, 0.2) is 0 Å². The van der Waals surface area contributed by atoms with Gasteiger partial charge in [0.25, 0.3) is 0 Å². The number of fused-ring (bicyclic) bond motifs is 1. The van der Waals surface area contributed by atoms with Crippen LogP contribution in [0.25, 0.3) is 6.08 Å². The molecule has 1 aromatic rings. The standard InChI is InChI=1S/C11H9NO/c13-8-9-5-6-12-11-4-2-1-3-10(11)7-9/h1-5,7-8H,6H2. The second kappa shape index (κ2) is 3.35. The molecule has 0 bridgehead atoms. The van der Waals surface area contributed by atoms with Crippen LogP contribution < -0.4 is 10.6 Å². The van der Waals surface area contributed by atoms with Crippen LogP contribution in [0.2, 0.25) is 0 Å². The molecule has 0 unspecified atom stereocenters. The molecular weight excluding hydrogens is 162 g/mol. The van der Waals surface area contributed by atoms with Crippen LogP contribution in [0, 0.1) is 0 Å². The summed E-state index contributed by atoms with van der Waals surface area (Å²) in [6.07, 6.45) is 4.55. The molecule has 0 spiro atoms. The van der Waals surface area contributed by atoms with Gasteiger partial charge in [-0.3, -0.25) is 9.79 Å². The second-order valence-corrected chi connectivity index (χ2v) is 2.87. The number of hydrogen-bond donors (Lipinski definition) is 0. The highest BCUT2D eigenvalue weighted by atomic mass is 16.1. The van der Waals surface area contributed by atoms with Gasteiger partial charge in [0, 0.05) is 10.8 Å². The Kier molecular flexibility index (Phi) is 2.04. The van der Waals surface area contributed by atoms with Gasteiger partial charge in [-0.1, -0.05) is 24.3 Å². The average molecular weight is 171 g/mol. The summed E-state index contributed by atoms with van der Waals surface area (Å²) in [5, 5.41) is 1.97. The molecule has 1 heterocycles. The summed E-state index contributed by atoms with van der Waals surface area (Å²) < 4.78 is 0. The van der Waals surface area contributed by atoms with Gasteiger partial charge in [-0.05, 0) is 12.1 Å². The minimum absolute atomic E-state index is 0.585.